The summed E-state index contributed by atoms with van der Waals surface area (Å²) >= 11 is 11.9. The van der Waals surface area contributed by atoms with Gasteiger partial charge in [0.05, 0.1) is 24.2 Å². The van der Waals surface area contributed by atoms with Gasteiger partial charge in [0.25, 0.3) is 10.0 Å². The van der Waals surface area contributed by atoms with E-state index in [0.717, 1.165) is 9.87 Å². The number of halogens is 2. The van der Waals surface area contributed by atoms with Crippen LogP contribution in [-0.4, -0.2) is 54.3 Å². The molecular weight excluding hydrogens is 561 g/mol. The molecule has 3 aromatic rings. The van der Waals surface area contributed by atoms with Gasteiger partial charge in [0, 0.05) is 29.3 Å². The van der Waals surface area contributed by atoms with Crippen molar-refractivity contribution in [3.63, 3.8) is 0 Å². The largest absolute Gasteiger partial charge is 0.495 e. The van der Waals surface area contributed by atoms with Gasteiger partial charge in [-0.05, 0) is 66.6 Å². The minimum atomic E-state index is -4.10. The Morgan fingerprint density at radius 1 is 1.00 bits per heavy atom. The predicted molar refractivity (Wildman–Crippen MR) is 143 cm³/mol. The summed E-state index contributed by atoms with van der Waals surface area (Å²) in [7, 11) is -5.34. The zero-order valence-corrected chi connectivity index (χ0v) is 23.0. The first-order chi connectivity index (χ1) is 17.4. The first kappa shape index (κ1) is 27.2. The van der Waals surface area contributed by atoms with Crippen LogP contribution in [0.5, 0.6) is 5.75 Å². The van der Waals surface area contributed by atoms with Gasteiger partial charge in [0.15, 0.2) is 0 Å². The number of methoxy groups -OCH3 is 1. The fourth-order valence-electron chi connectivity index (χ4n) is 3.92. The Morgan fingerprint density at radius 2 is 1.68 bits per heavy atom. The van der Waals surface area contributed by atoms with Crippen LogP contribution in [0.1, 0.15) is 5.56 Å². The quantitative estimate of drug-likeness (QED) is 0.428. The molecule has 0 aliphatic carbocycles. The zero-order chi connectivity index (χ0) is 27.0. The molecule has 0 radical (unpaired) electrons. The lowest BCUT2D eigenvalue weighted by Crippen LogP contribution is -2.35. The summed E-state index contributed by atoms with van der Waals surface area (Å²) in [4.78, 5) is 12.7. The van der Waals surface area contributed by atoms with Crippen molar-refractivity contribution in [2.45, 2.75) is 16.2 Å². The molecule has 1 heterocycles. The number of nitrogens with zero attached hydrogens (tertiary/aromatic N) is 2. The van der Waals surface area contributed by atoms with E-state index in [1.54, 1.807) is 18.2 Å². The van der Waals surface area contributed by atoms with Gasteiger partial charge in [-0.3, -0.25) is 9.10 Å². The molecule has 37 heavy (non-hydrogen) atoms. The lowest BCUT2D eigenvalue weighted by Gasteiger charge is -2.21. The van der Waals surface area contributed by atoms with Gasteiger partial charge >= 0.3 is 0 Å². The number of carbonyl (C=O) groups excluding carboxylic acids is 1. The van der Waals surface area contributed by atoms with Crippen LogP contribution in [0.2, 0.25) is 10.0 Å². The Balaban J connectivity index is 1.52. The second-order valence-electron chi connectivity index (χ2n) is 8.23. The van der Waals surface area contributed by atoms with Crippen LogP contribution in [0.25, 0.3) is 0 Å². The third-order valence-electron chi connectivity index (χ3n) is 5.80. The van der Waals surface area contributed by atoms with E-state index < -0.39 is 32.5 Å². The smallest absolute Gasteiger partial charge is 0.264 e. The Labute approximate surface area is 225 Å². The van der Waals surface area contributed by atoms with Crippen molar-refractivity contribution < 1.29 is 26.4 Å². The molecule has 1 aliphatic rings. The number of rotatable bonds is 8. The second kappa shape index (κ2) is 10.5. The molecule has 0 fully saturated rings. The molecule has 3 aromatic carbocycles. The summed E-state index contributed by atoms with van der Waals surface area (Å²) in [6, 6.07) is 15.0. The van der Waals surface area contributed by atoms with Gasteiger partial charge in [-0.2, -0.15) is 4.31 Å². The van der Waals surface area contributed by atoms with E-state index in [-0.39, 0.29) is 27.1 Å². The first-order valence-corrected chi connectivity index (χ1v) is 14.6. The van der Waals surface area contributed by atoms with Crippen LogP contribution in [0.15, 0.2) is 70.5 Å². The summed E-state index contributed by atoms with van der Waals surface area (Å²) in [5.41, 5.74) is 1.58. The number of hydrogen-bond acceptors (Lipinski definition) is 6. The van der Waals surface area contributed by atoms with Crippen molar-refractivity contribution >= 4 is 60.5 Å². The topological polar surface area (TPSA) is 113 Å². The molecule has 9 nitrogen and oxygen atoms in total. The SMILES string of the molecule is COc1ccc(Cl)cc1S(=O)(=O)N(C)CC(=O)Nc1ccc2c(c1)N(S(=O)(=O)c1ccc(Cl)cc1)CC2. The van der Waals surface area contributed by atoms with Gasteiger partial charge in [0.2, 0.25) is 15.9 Å². The lowest BCUT2D eigenvalue weighted by molar-refractivity contribution is -0.116. The van der Waals surface area contributed by atoms with E-state index in [0.29, 0.717) is 22.8 Å². The number of ether oxygens (including phenoxy) is 1. The molecular formula is C24H23Cl2N3O6S2. The van der Waals surface area contributed by atoms with Crippen molar-refractivity contribution in [1.82, 2.24) is 4.31 Å². The Hall–Kier alpha value is -2.83. The fourth-order valence-corrected chi connectivity index (χ4v) is 7.08. The van der Waals surface area contributed by atoms with Crippen molar-refractivity contribution in [3.05, 3.63) is 76.3 Å². The van der Waals surface area contributed by atoms with Crippen molar-refractivity contribution in [2.24, 2.45) is 0 Å². The fraction of sp³-hybridized carbons (Fsp3) is 0.208. The molecule has 1 N–H and O–H groups in total. The molecule has 4 rings (SSSR count). The van der Waals surface area contributed by atoms with E-state index in [4.69, 9.17) is 27.9 Å². The maximum Gasteiger partial charge on any atom is 0.264 e. The minimum absolute atomic E-state index is 0.0947. The van der Waals surface area contributed by atoms with Crippen LogP contribution >= 0.6 is 23.2 Å². The van der Waals surface area contributed by atoms with Crippen LogP contribution in [0.3, 0.4) is 0 Å². The highest BCUT2D eigenvalue weighted by Gasteiger charge is 2.31. The van der Waals surface area contributed by atoms with Crippen LogP contribution in [-0.2, 0) is 31.3 Å². The number of carbonyl (C=O) groups is 1. The molecule has 1 amide bonds. The molecule has 0 saturated heterocycles. The monoisotopic (exact) mass is 583 g/mol. The molecule has 13 heteroatoms. The lowest BCUT2D eigenvalue weighted by atomic mass is 10.1. The van der Waals surface area contributed by atoms with E-state index in [9.17, 15) is 21.6 Å². The number of anilines is 2. The van der Waals surface area contributed by atoms with Crippen LogP contribution in [0, 0.1) is 0 Å². The Morgan fingerprint density at radius 3 is 2.35 bits per heavy atom. The average Bonchev–Trinajstić information content (AvgIpc) is 3.28. The number of nitrogens with one attached hydrogen (secondary N) is 1. The first-order valence-electron chi connectivity index (χ1n) is 10.9. The predicted octanol–water partition coefficient (Wildman–Crippen LogP) is 4.01. The molecule has 1 aliphatic heterocycles. The molecule has 0 aromatic heterocycles. The summed E-state index contributed by atoms with van der Waals surface area (Å²) in [5, 5.41) is 3.27. The Kier molecular flexibility index (Phi) is 7.72. The minimum Gasteiger partial charge on any atom is -0.495 e. The maximum absolute atomic E-state index is 13.2. The van der Waals surface area contributed by atoms with E-state index in [2.05, 4.69) is 5.32 Å². The molecule has 0 atom stereocenters. The standard InChI is InChI=1S/C24H23Cl2N3O6S2/c1-28(37(33,34)23-13-18(26)6-10-22(23)35-2)15-24(30)27-19-7-3-16-11-12-29(21(16)14-19)36(31,32)20-8-4-17(25)5-9-20/h3-10,13-14H,11-12,15H2,1-2H3,(H,27,30). The highest BCUT2D eigenvalue weighted by atomic mass is 35.5. The maximum atomic E-state index is 13.2. The van der Waals surface area contributed by atoms with Gasteiger partial charge in [-0.1, -0.05) is 29.3 Å². The number of fused-ring (bicyclic) bond motifs is 1. The molecule has 0 spiro atoms. The highest BCUT2D eigenvalue weighted by Crippen LogP contribution is 2.35. The number of likely N-dealkylation sites (N-methyl/N-ethyl adjacent to an activating group) is 1. The van der Waals surface area contributed by atoms with Crippen molar-refractivity contribution in [2.75, 3.05) is 36.9 Å². The molecule has 196 valence electrons. The van der Waals surface area contributed by atoms with E-state index >= 15 is 0 Å². The Bertz CT molecular complexity index is 1560. The average molecular weight is 585 g/mol. The van der Waals surface area contributed by atoms with Gasteiger partial charge in [0.1, 0.15) is 10.6 Å². The normalized spacial score (nSPS) is 13.5. The second-order valence-corrected chi connectivity index (χ2v) is 13.0. The number of sulfonamides is 2. The summed E-state index contributed by atoms with van der Waals surface area (Å²) < 4.78 is 59.8. The van der Waals surface area contributed by atoms with Gasteiger partial charge in [-0.25, -0.2) is 16.8 Å². The van der Waals surface area contributed by atoms with E-state index in [1.165, 1.54) is 60.9 Å². The number of amides is 1. The van der Waals surface area contributed by atoms with Crippen molar-refractivity contribution in [3.8, 4) is 5.75 Å². The number of hydrogen-bond donors (Lipinski definition) is 1. The summed E-state index contributed by atoms with van der Waals surface area (Å²) in [6.07, 6.45) is 0.513. The number of benzene rings is 3. The summed E-state index contributed by atoms with van der Waals surface area (Å²) in [6.45, 7) is -0.248. The van der Waals surface area contributed by atoms with Gasteiger partial charge < -0.3 is 10.1 Å². The third-order valence-corrected chi connectivity index (χ3v) is 9.94. The zero-order valence-electron chi connectivity index (χ0n) is 19.8. The molecule has 0 bridgehead atoms. The van der Waals surface area contributed by atoms with E-state index in [1.807, 2.05) is 0 Å². The molecule has 0 unspecified atom stereocenters. The third kappa shape index (κ3) is 5.55. The molecule has 0 saturated carbocycles. The summed E-state index contributed by atoms with van der Waals surface area (Å²) in [5.74, 6) is -0.519. The van der Waals surface area contributed by atoms with Crippen LogP contribution < -0.4 is 14.4 Å². The highest BCUT2D eigenvalue weighted by molar-refractivity contribution is 7.92. The van der Waals surface area contributed by atoms with Crippen LogP contribution in [0.4, 0.5) is 11.4 Å². The van der Waals surface area contributed by atoms with Crippen molar-refractivity contribution in [1.29, 1.82) is 0 Å². The van der Waals surface area contributed by atoms with Gasteiger partial charge in [-0.15, -0.1) is 0 Å².